The fourth-order valence-corrected chi connectivity index (χ4v) is 3.46. The molecule has 1 fully saturated rings. The highest BCUT2D eigenvalue weighted by Gasteiger charge is 2.20. The van der Waals surface area contributed by atoms with E-state index < -0.39 is 0 Å². The number of aryl methyl sites for hydroxylation is 1. The Hall–Kier alpha value is -1.79. The largest absolute Gasteiger partial charge is 0.342 e. The third-order valence-corrected chi connectivity index (χ3v) is 4.63. The van der Waals surface area contributed by atoms with Gasteiger partial charge < -0.3 is 9.88 Å². The lowest BCUT2D eigenvalue weighted by Gasteiger charge is -2.20. The Balaban J connectivity index is 1.87. The Bertz CT molecular complexity index is 642. The highest BCUT2D eigenvalue weighted by molar-refractivity contribution is 5.87. The summed E-state index contributed by atoms with van der Waals surface area (Å²) in [6, 6.07) is 11.4. The third kappa shape index (κ3) is 2.32. The van der Waals surface area contributed by atoms with Crippen LogP contribution in [0.25, 0.3) is 10.9 Å². The van der Waals surface area contributed by atoms with Gasteiger partial charge in [0.05, 0.1) is 17.3 Å². The second-order valence-corrected chi connectivity index (χ2v) is 5.85. The molecule has 3 nitrogen and oxygen atoms in total. The molecule has 1 aliphatic carbocycles. The molecule has 0 saturated heterocycles. The summed E-state index contributed by atoms with van der Waals surface area (Å²) in [6.07, 6.45) is 6.77. The molecule has 104 valence electrons. The van der Waals surface area contributed by atoms with Crippen LogP contribution in [0.2, 0.25) is 0 Å². The van der Waals surface area contributed by atoms with Crippen LogP contribution in [0.15, 0.2) is 24.3 Å². The number of rotatable bonds is 3. The van der Waals surface area contributed by atoms with Crippen molar-refractivity contribution in [1.82, 2.24) is 4.57 Å². The summed E-state index contributed by atoms with van der Waals surface area (Å²) in [6.45, 7) is 0.915. The molecule has 0 bridgehead atoms. The normalized spacial score (nSPS) is 16.4. The molecule has 0 radical (unpaired) electrons. The molecular weight excluding hydrogens is 246 g/mol. The predicted molar refractivity (Wildman–Crippen MR) is 80.1 cm³/mol. The summed E-state index contributed by atoms with van der Waals surface area (Å²) >= 11 is 0. The Morgan fingerprint density at radius 1 is 1.25 bits per heavy atom. The van der Waals surface area contributed by atoms with E-state index >= 15 is 0 Å². The number of fused-ring (bicyclic) bond motifs is 1. The number of para-hydroxylation sites is 1. The van der Waals surface area contributed by atoms with E-state index in [9.17, 15) is 5.26 Å². The Morgan fingerprint density at radius 2 is 2.00 bits per heavy atom. The van der Waals surface area contributed by atoms with Crippen LogP contribution in [-0.4, -0.2) is 10.6 Å². The quantitative estimate of drug-likeness (QED) is 0.913. The number of nitriles is 1. The third-order valence-electron chi connectivity index (χ3n) is 4.63. The van der Waals surface area contributed by atoms with Crippen molar-refractivity contribution in [2.45, 2.75) is 44.7 Å². The first-order chi connectivity index (χ1) is 9.81. The molecule has 1 aromatic heterocycles. The van der Waals surface area contributed by atoms with Gasteiger partial charge in [-0.2, -0.15) is 5.26 Å². The van der Waals surface area contributed by atoms with Gasteiger partial charge in [-0.1, -0.05) is 24.6 Å². The van der Waals surface area contributed by atoms with Crippen molar-refractivity contribution in [1.29, 1.82) is 5.26 Å². The lowest BCUT2D eigenvalue weighted by molar-refractivity contribution is -0.707. The standard InChI is InChI=1S/C17H21N3/c1-20-16-10-6-5-9-14(16)15(11-18)17(20)12-19-13-7-3-2-4-8-13/h5-6,9-10,13,19H,2-4,7-8,12H2,1H3/p+1. The van der Waals surface area contributed by atoms with Gasteiger partial charge in [-0.15, -0.1) is 0 Å². The number of nitrogens with two attached hydrogens (primary N) is 1. The van der Waals surface area contributed by atoms with Crippen LogP contribution >= 0.6 is 0 Å². The molecule has 20 heavy (non-hydrogen) atoms. The molecule has 1 saturated carbocycles. The topological polar surface area (TPSA) is 45.3 Å². The summed E-state index contributed by atoms with van der Waals surface area (Å²) < 4.78 is 2.19. The van der Waals surface area contributed by atoms with Crippen molar-refractivity contribution in [3.8, 4) is 6.07 Å². The van der Waals surface area contributed by atoms with E-state index in [1.165, 1.54) is 37.8 Å². The van der Waals surface area contributed by atoms with Crippen molar-refractivity contribution < 1.29 is 5.32 Å². The van der Waals surface area contributed by atoms with Crippen LogP contribution in [-0.2, 0) is 13.6 Å². The number of hydrogen-bond donors (Lipinski definition) is 1. The molecule has 1 heterocycles. The van der Waals surface area contributed by atoms with E-state index in [0.717, 1.165) is 29.1 Å². The molecule has 3 heteroatoms. The first-order valence-electron chi connectivity index (χ1n) is 7.61. The van der Waals surface area contributed by atoms with Crippen molar-refractivity contribution >= 4 is 10.9 Å². The van der Waals surface area contributed by atoms with E-state index in [0.29, 0.717) is 0 Å². The summed E-state index contributed by atoms with van der Waals surface area (Å²) in [4.78, 5) is 0. The van der Waals surface area contributed by atoms with Crippen LogP contribution in [0.5, 0.6) is 0 Å². The fourth-order valence-electron chi connectivity index (χ4n) is 3.46. The molecule has 0 atom stereocenters. The minimum Gasteiger partial charge on any atom is -0.342 e. The highest BCUT2D eigenvalue weighted by atomic mass is 15.0. The summed E-state index contributed by atoms with van der Waals surface area (Å²) in [5, 5.41) is 13.0. The van der Waals surface area contributed by atoms with Gasteiger partial charge in [-0.3, -0.25) is 0 Å². The Kier molecular flexibility index (Phi) is 3.75. The van der Waals surface area contributed by atoms with Crippen molar-refractivity contribution in [3.05, 3.63) is 35.5 Å². The molecule has 3 rings (SSSR count). The van der Waals surface area contributed by atoms with Crippen LogP contribution in [0, 0.1) is 11.3 Å². The maximum atomic E-state index is 9.49. The maximum Gasteiger partial charge on any atom is 0.118 e. The van der Waals surface area contributed by atoms with Crippen LogP contribution in [0.3, 0.4) is 0 Å². The molecule has 1 aromatic carbocycles. The van der Waals surface area contributed by atoms with Crippen molar-refractivity contribution in [2.75, 3.05) is 0 Å². The lowest BCUT2D eigenvalue weighted by Crippen LogP contribution is -2.88. The van der Waals surface area contributed by atoms with Crippen LogP contribution < -0.4 is 5.32 Å². The molecule has 0 unspecified atom stereocenters. The first-order valence-corrected chi connectivity index (χ1v) is 7.61. The van der Waals surface area contributed by atoms with Crippen molar-refractivity contribution in [3.63, 3.8) is 0 Å². The van der Waals surface area contributed by atoms with E-state index in [4.69, 9.17) is 0 Å². The zero-order valence-corrected chi connectivity index (χ0v) is 12.1. The second kappa shape index (κ2) is 5.68. The molecular formula is C17H22N3+. The molecule has 2 N–H and O–H groups in total. The highest BCUT2D eigenvalue weighted by Crippen LogP contribution is 2.24. The maximum absolute atomic E-state index is 9.49. The van der Waals surface area contributed by atoms with E-state index in [-0.39, 0.29) is 0 Å². The van der Waals surface area contributed by atoms with Gasteiger partial charge in [0.1, 0.15) is 12.6 Å². The van der Waals surface area contributed by atoms with E-state index in [2.05, 4.69) is 35.1 Å². The number of hydrogen-bond acceptors (Lipinski definition) is 1. The summed E-state index contributed by atoms with van der Waals surface area (Å²) in [7, 11) is 2.08. The second-order valence-electron chi connectivity index (χ2n) is 5.85. The average molecular weight is 268 g/mol. The van der Waals surface area contributed by atoms with Crippen molar-refractivity contribution in [2.24, 2.45) is 7.05 Å². The smallest absolute Gasteiger partial charge is 0.118 e. The number of quaternary nitrogens is 1. The average Bonchev–Trinajstić information content (AvgIpc) is 2.78. The SMILES string of the molecule is Cn1c(C[NH2+]C2CCCCC2)c(C#N)c2ccccc21. The zero-order chi connectivity index (χ0) is 13.9. The number of aromatic nitrogens is 1. The van der Waals surface area contributed by atoms with Crippen LogP contribution in [0.4, 0.5) is 0 Å². The van der Waals surface area contributed by atoms with Crippen LogP contribution in [0.1, 0.15) is 43.4 Å². The fraction of sp³-hybridized carbons (Fsp3) is 0.471. The summed E-state index contributed by atoms with van der Waals surface area (Å²) in [5.74, 6) is 0. The predicted octanol–water partition coefficient (Wildman–Crippen LogP) is 2.45. The van der Waals surface area contributed by atoms with Gasteiger partial charge in [-0.25, -0.2) is 0 Å². The molecule has 0 amide bonds. The van der Waals surface area contributed by atoms with Gasteiger partial charge in [-0.05, 0) is 31.7 Å². The van der Waals surface area contributed by atoms with Gasteiger partial charge in [0.2, 0.25) is 0 Å². The van der Waals surface area contributed by atoms with Gasteiger partial charge >= 0.3 is 0 Å². The lowest BCUT2D eigenvalue weighted by atomic mass is 9.95. The minimum atomic E-state index is 0.744. The Labute approximate surface area is 120 Å². The monoisotopic (exact) mass is 268 g/mol. The molecule has 1 aliphatic rings. The minimum absolute atomic E-state index is 0.744. The van der Waals surface area contributed by atoms with E-state index in [1.807, 2.05) is 12.1 Å². The molecule has 0 spiro atoms. The van der Waals surface area contributed by atoms with Gasteiger partial charge in [0.15, 0.2) is 0 Å². The molecule has 2 aromatic rings. The van der Waals surface area contributed by atoms with Gasteiger partial charge in [0.25, 0.3) is 0 Å². The van der Waals surface area contributed by atoms with E-state index in [1.54, 1.807) is 0 Å². The number of benzene rings is 1. The number of nitrogens with zero attached hydrogens (tertiary/aromatic N) is 2. The summed E-state index contributed by atoms with van der Waals surface area (Å²) in [5.41, 5.74) is 3.19. The zero-order valence-electron chi connectivity index (χ0n) is 12.1. The molecule has 0 aliphatic heterocycles. The van der Waals surface area contributed by atoms with Gasteiger partial charge in [0, 0.05) is 18.0 Å². The Morgan fingerprint density at radius 3 is 2.75 bits per heavy atom. The first kappa shape index (κ1) is 13.2.